The first-order chi connectivity index (χ1) is 9.06. The van der Waals surface area contributed by atoms with Crippen LogP contribution in [-0.4, -0.2) is 19.1 Å². The Labute approximate surface area is 125 Å². The van der Waals surface area contributed by atoms with Crippen LogP contribution >= 0.6 is 15.9 Å². The van der Waals surface area contributed by atoms with Gasteiger partial charge in [-0.25, -0.2) is 0 Å². The summed E-state index contributed by atoms with van der Waals surface area (Å²) in [5.74, 6) is 0.884. The van der Waals surface area contributed by atoms with E-state index in [0.717, 1.165) is 12.5 Å². The number of nitrogens with zero attached hydrogens (tertiary/aromatic N) is 1. The van der Waals surface area contributed by atoms with Gasteiger partial charge in [-0.2, -0.15) is 0 Å². The van der Waals surface area contributed by atoms with Crippen LogP contribution in [0.25, 0.3) is 0 Å². The van der Waals surface area contributed by atoms with Crippen LogP contribution in [0.1, 0.15) is 39.2 Å². The van der Waals surface area contributed by atoms with Gasteiger partial charge in [-0.05, 0) is 36.5 Å². The number of hydrogen-bond acceptors (Lipinski definition) is 2. The van der Waals surface area contributed by atoms with Crippen LogP contribution in [0.2, 0.25) is 0 Å². The molecule has 1 fully saturated rings. The van der Waals surface area contributed by atoms with E-state index in [-0.39, 0.29) is 0 Å². The second-order valence-electron chi connectivity index (χ2n) is 5.98. The fraction of sp³-hybridized carbons (Fsp3) is 0.625. The summed E-state index contributed by atoms with van der Waals surface area (Å²) in [5, 5.41) is 3.46. The third-order valence-corrected chi connectivity index (χ3v) is 4.62. The van der Waals surface area contributed by atoms with Gasteiger partial charge in [0.1, 0.15) is 0 Å². The molecule has 0 saturated carbocycles. The van der Waals surface area contributed by atoms with Crippen molar-refractivity contribution in [3.05, 3.63) is 28.2 Å². The lowest BCUT2D eigenvalue weighted by Gasteiger charge is -2.32. The van der Waals surface area contributed by atoms with Crippen LogP contribution in [0.15, 0.2) is 22.7 Å². The quantitative estimate of drug-likeness (QED) is 0.893. The largest absolute Gasteiger partial charge is 0.371 e. The smallest absolute Gasteiger partial charge is 0.0377 e. The van der Waals surface area contributed by atoms with E-state index in [4.69, 9.17) is 0 Å². The number of benzene rings is 1. The normalized spacial score (nSPS) is 17.2. The molecule has 1 aromatic rings. The van der Waals surface area contributed by atoms with Crippen LogP contribution in [0.4, 0.5) is 5.69 Å². The Hall–Kier alpha value is -0.540. The summed E-state index contributed by atoms with van der Waals surface area (Å²) in [6.07, 6.45) is 2.63. The highest BCUT2D eigenvalue weighted by molar-refractivity contribution is 9.10. The van der Waals surface area contributed by atoms with Gasteiger partial charge < -0.3 is 10.2 Å². The van der Waals surface area contributed by atoms with E-state index in [2.05, 4.69) is 65.1 Å². The summed E-state index contributed by atoms with van der Waals surface area (Å²) in [6, 6.07) is 7.30. The van der Waals surface area contributed by atoms with Gasteiger partial charge in [0, 0.05) is 35.8 Å². The SMILES string of the molecule is CC1CCN(c2ccc(CNC(C)C)c(Br)c2)CC1. The molecule has 0 amide bonds. The lowest BCUT2D eigenvalue weighted by molar-refractivity contribution is 0.438. The van der Waals surface area contributed by atoms with Crippen molar-refractivity contribution < 1.29 is 0 Å². The molecule has 2 nitrogen and oxygen atoms in total. The maximum absolute atomic E-state index is 3.71. The number of halogens is 1. The molecule has 1 aromatic carbocycles. The standard InChI is InChI=1S/C16H25BrN2/c1-12(2)18-11-14-4-5-15(10-16(14)17)19-8-6-13(3)7-9-19/h4-5,10,12-13,18H,6-9,11H2,1-3H3. The van der Waals surface area contributed by atoms with E-state index in [1.807, 2.05) is 0 Å². The van der Waals surface area contributed by atoms with Gasteiger partial charge in [-0.3, -0.25) is 0 Å². The molecule has 0 aliphatic carbocycles. The highest BCUT2D eigenvalue weighted by Gasteiger charge is 2.16. The third kappa shape index (κ3) is 4.22. The number of rotatable bonds is 4. The Kier molecular flexibility index (Phi) is 5.28. The monoisotopic (exact) mass is 324 g/mol. The molecule has 3 heteroatoms. The Morgan fingerprint density at radius 2 is 2.00 bits per heavy atom. The highest BCUT2D eigenvalue weighted by Crippen LogP contribution is 2.27. The molecule has 19 heavy (non-hydrogen) atoms. The lowest BCUT2D eigenvalue weighted by Crippen LogP contribution is -2.32. The minimum Gasteiger partial charge on any atom is -0.371 e. The average Bonchev–Trinajstić information content (AvgIpc) is 2.38. The van der Waals surface area contributed by atoms with Crippen LogP contribution in [0.5, 0.6) is 0 Å². The van der Waals surface area contributed by atoms with Crippen LogP contribution in [0, 0.1) is 5.92 Å². The first-order valence-corrected chi connectivity index (χ1v) is 8.12. The molecule has 0 radical (unpaired) electrons. The number of hydrogen-bond donors (Lipinski definition) is 1. The molecule has 1 aliphatic heterocycles. The van der Waals surface area contributed by atoms with Crippen LogP contribution < -0.4 is 10.2 Å². The Morgan fingerprint density at radius 3 is 2.58 bits per heavy atom. The zero-order chi connectivity index (χ0) is 13.8. The zero-order valence-corrected chi connectivity index (χ0v) is 13.8. The van der Waals surface area contributed by atoms with E-state index in [0.29, 0.717) is 6.04 Å². The van der Waals surface area contributed by atoms with E-state index < -0.39 is 0 Å². The molecular weight excluding hydrogens is 300 g/mol. The van der Waals surface area contributed by atoms with Crippen molar-refractivity contribution in [1.82, 2.24) is 5.32 Å². The summed E-state index contributed by atoms with van der Waals surface area (Å²) >= 11 is 3.71. The van der Waals surface area contributed by atoms with Crippen molar-refractivity contribution in [3.8, 4) is 0 Å². The zero-order valence-electron chi connectivity index (χ0n) is 12.2. The summed E-state index contributed by atoms with van der Waals surface area (Å²) in [4.78, 5) is 2.50. The van der Waals surface area contributed by atoms with E-state index in [9.17, 15) is 0 Å². The molecule has 1 aliphatic rings. The molecule has 0 spiro atoms. The molecular formula is C16H25BrN2. The fourth-order valence-electron chi connectivity index (χ4n) is 2.46. The van der Waals surface area contributed by atoms with Gasteiger partial charge in [0.15, 0.2) is 0 Å². The van der Waals surface area contributed by atoms with E-state index in [1.54, 1.807) is 0 Å². The lowest BCUT2D eigenvalue weighted by atomic mass is 9.98. The van der Waals surface area contributed by atoms with Crippen molar-refractivity contribution in [2.75, 3.05) is 18.0 Å². The molecule has 1 N–H and O–H groups in total. The van der Waals surface area contributed by atoms with Gasteiger partial charge in [0.2, 0.25) is 0 Å². The van der Waals surface area contributed by atoms with E-state index >= 15 is 0 Å². The van der Waals surface area contributed by atoms with E-state index in [1.165, 1.54) is 41.7 Å². The van der Waals surface area contributed by atoms with Crippen molar-refractivity contribution in [2.45, 2.75) is 46.2 Å². The van der Waals surface area contributed by atoms with Gasteiger partial charge in [-0.1, -0.05) is 42.8 Å². The molecule has 0 aromatic heterocycles. The Balaban J connectivity index is 2.02. The minimum atomic E-state index is 0.523. The number of anilines is 1. The first kappa shape index (κ1) is 14.9. The van der Waals surface area contributed by atoms with Gasteiger partial charge in [0.25, 0.3) is 0 Å². The summed E-state index contributed by atoms with van der Waals surface area (Å²) < 4.78 is 1.22. The molecule has 1 heterocycles. The first-order valence-electron chi connectivity index (χ1n) is 7.33. The average molecular weight is 325 g/mol. The maximum atomic E-state index is 3.71. The summed E-state index contributed by atoms with van der Waals surface area (Å²) in [5.41, 5.74) is 2.69. The van der Waals surface area contributed by atoms with Crippen molar-refractivity contribution >= 4 is 21.6 Å². The Morgan fingerprint density at radius 1 is 1.32 bits per heavy atom. The van der Waals surface area contributed by atoms with Crippen molar-refractivity contribution in [1.29, 1.82) is 0 Å². The maximum Gasteiger partial charge on any atom is 0.0377 e. The fourth-order valence-corrected chi connectivity index (χ4v) is 2.96. The van der Waals surface area contributed by atoms with Crippen LogP contribution in [-0.2, 0) is 6.54 Å². The topological polar surface area (TPSA) is 15.3 Å². The molecule has 0 bridgehead atoms. The number of piperidine rings is 1. The molecule has 1 saturated heterocycles. The van der Waals surface area contributed by atoms with Gasteiger partial charge in [-0.15, -0.1) is 0 Å². The Bertz CT molecular complexity index is 409. The molecule has 0 atom stereocenters. The predicted molar refractivity (Wildman–Crippen MR) is 86.7 cm³/mol. The minimum absolute atomic E-state index is 0.523. The summed E-state index contributed by atoms with van der Waals surface area (Å²) in [6.45, 7) is 10.0. The second kappa shape index (κ2) is 6.76. The van der Waals surface area contributed by atoms with Crippen molar-refractivity contribution in [3.63, 3.8) is 0 Å². The second-order valence-corrected chi connectivity index (χ2v) is 6.84. The third-order valence-electron chi connectivity index (χ3n) is 3.89. The molecule has 106 valence electrons. The molecule has 0 unspecified atom stereocenters. The van der Waals surface area contributed by atoms with Gasteiger partial charge in [0.05, 0.1) is 0 Å². The number of nitrogens with one attached hydrogen (secondary N) is 1. The summed E-state index contributed by atoms with van der Waals surface area (Å²) in [7, 11) is 0. The van der Waals surface area contributed by atoms with Gasteiger partial charge >= 0.3 is 0 Å². The highest BCUT2D eigenvalue weighted by atomic mass is 79.9. The van der Waals surface area contributed by atoms with Crippen molar-refractivity contribution in [2.24, 2.45) is 5.92 Å². The molecule has 2 rings (SSSR count). The van der Waals surface area contributed by atoms with Crippen LogP contribution in [0.3, 0.4) is 0 Å². The predicted octanol–water partition coefficient (Wildman–Crippen LogP) is 4.18.